The van der Waals surface area contributed by atoms with Gasteiger partial charge in [-0.2, -0.15) is 4.68 Å². The maximum atomic E-state index is 12.2. The van der Waals surface area contributed by atoms with Gasteiger partial charge in [0.15, 0.2) is 0 Å². The zero-order chi connectivity index (χ0) is 17.8. The smallest absolute Gasteiger partial charge is 0.234 e. The van der Waals surface area contributed by atoms with E-state index in [1.165, 1.54) is 17.3 Å². The van der Waals surface area contributed by atoms with Crippen molar-refractivity contribution in [3.63, 3.8) is 0 Å². The molecule has 25 heavy (non-hydrogen) atoms. The van der Waals surface area contributed by atoms with E-state index in [2.05, 4.69) is 26.9 Å². The molecule has 0 aliphatic rings. The molecule has 0 saturated carbocycles. The van der Waals surface area contributed by atoms with Gasteiger partial charge in [-0.1, -0.05) is 35.5 Å². The minimum Gasteiger partial charge on any atom is -0.325 e. The average Bonchev–Trinajstić information content (AvgIpc) is 3.01. The standard InChI is InChI=1S/C18H19N5OS/c1-12-4-6-16(7-5-12)23-18(20-21-22-23)25-11-17(24)19-15-9-13(2)8-14(3)10-15/h4-10H,11H2,1-3H3,(H,19,24). The predicted octanol–water partition coefficient (Wildman–Crippen LogP) is 3.32. The number of nitrogens with zero attached hydrogens (tertiary/aromatic N) is 4. The Labute approximate surface area is 150 Å². The van der Waals surface area contributed by atoms with Gasteiger partial charge in [0, 0.05) is 5.69 Å². The second-order valence-electron chi connectivity index (χ2n) is 5.92. The van der Waals surface area contributed by atoms with Gasteiger partial charge in [-0.05, 0) is 66.6 Å². The van der Waals surface area contributed by atoms with Crippen LogP contribution < -0.4 is 5.32 Å². The number of thioether (sulfide) groups is 1. The third-order valence-corrected chi connectivity index (χ3v) is 4.48. The lowest BCUT2D eigenvalue weighted by Gasteiger charge is -2.08. The molecule has 0 fully saturated rings. The summed E-state index contributed by atoms with van der Waals surface area (Å²) in [5.74, 6) is 0.146. The number of benzene rings is 2. The SMILES string of the molecule is Cc1ccc(-n2nnnc2SCC(=O)Nc2cc(C)cc(C)c2)cc1. The Kier molecular flexibility index (Phi) is 5.14. The van der Waals surface area contributed by atoms with Gasteiger partial charge in [0.1, 0.15) is 0 Å². The highest BCUT2D eigenvalue weighted by Crippen LogP contribution is 2.19. The molecule has 3 aromatic rings. The normalized spacial score (nSPS) is 10.7. The van der Waals surface area contributed by atoms with Crippen LogP contribution in [0.25, 0.3) is 5.69 Å². The van der Waals surface area contributed by atoms with E-state index in [-0.39, 0.29) is 11.7 Å². The summed E-state index contributed by atoms with van der Waals surface area (Å²) in [6, 6.07) is 13.9. The molecule has 3 rings (SSSR count). The Balaban J connectivity index is 1.65. The fourth-order valence-electron chi connectivity index (χ4n) is 2.49. The first-order chi connectivity index (χ1) is 12.0. The summed E-state index contributed by atoms with van der Waals surface area (Å²) in [6.45, 7) is 6.04. The molecule has 0 bridgehead atoms. The van der Waals surface area contributed by atoms with Gasteiger partial charge in [-0.15, -0.1) is 5.10 Å². The number of aromatic nitrogens is 4. The highest BCUT2D eigenvalue weighted by molar-refractivity contribution is 7.99. The van der Waals surface area contributed by atoms with Crippen LogP contribution >= 0.6 is 11.8 Å². The lowest BCUT2D eigenvalue weighted by Crippen LogP contribution is -2.14. The van der Waals surface area contributed by atoms with Crippen LogP contribution in [0.3, 0.4) is 0 Å². The molecule has 7 heteroatoms. The molecule has 0 aliphatic carbocycles. The van der Waals surface area contributed by atoms with Crippen molar-refractivity contribution in [1.82, 2.24) is 20.2 Å². The van der Waals surface area contributed by atoms with E-state index in [1.54, 1.807) is 4.68 Å². The zero-order valence-corrected chi connectivity index (χ0v) is 15.2. The van der Waals surface area contributed by atoms with Crippen LogP contribution in [0, 0.1) is 20.8 Å². The molecular weight excluding hydrogens is 334 g/mol. The summed E-state index contributed by atoms with van der Waals surface area (Å²) in [4.78, 5) is 12.2. The molecule has 2 aromatic carbocycles. The van der Waals surface area contributed by atoms with Crippen molar-refractivity contribution < 1.29 is 4.79 Å². The third-order valence-electron chi connectivity index (χ3n) is 3.56. The lowest BCUT2D eigenvalue weighted by atomic mass is 10.1. The fraction of sp³-hybridized carbons (Fsp3) is 0.222. The first kappa shape index (κ1) is 17.2. The first-order valence-electron chi connectivity index (χ1n) is 7.87. The molecule has 1 amide bonds. The third kappa shape index (κ3) is 4.45. The van der Waals surface area contributed by atoms with Crippen molar-refractivity contribution in [3.8, 4) is 5.69 Å². The van der Waals surface area contributed by atoms with Crippen LogP contribution in [0.15, 0.2) is 47.6 Å². The summed E-state index contributed by atoms with van der Waals surface area (Å²) < 4.78 is 1.63. The number of anilines is 1. The summed E-state index contributed by atoms with van der Waals surface area (Å²) in [5, 5.41) is 15.2. The van der Waals surface area contributed by atoms with Crippen molar-refractivity contribution in [2.24, 2.45) is 0 Å². The van der Waals surface area contributed by atoms with E-state index >= 15 is 0 Å². The average molecular weight is 353 g/mol. The minimum absolute atomic E-state index is 0.0894. The van der Waals surface area contributed by atoms with Gasteiger partial charge in [-0.3, -0.25) is 4.79 Å². The second-order valence-corrected chi connectivity index (χ2v) is 6.86. The molecule has 0 radical (unpaired) electrons. The molecule has 128 valence electrons. The topological polar surface area (TPSA) is 72.7 Å². The number of hydrogen-bond acceptors (Lipinski definition) is 5. The molecule has 6 nitrogen and oxygen atoms in total. The van der Waals surface area contributed by atoms with Crippen LogP contribution in [0.4, 0.5) is 5.69 Å². The van der Waals surface area contributed by atoms with Gasteiger partial charge in [0.25, 0.3) is 0 Å². The van der Waals surface area contributed by atoms with Crippen LogP contribution in [-0.2, 0) is 4.79 Å². The van der Waals surface area contributed by atoms with E-state index in [0.29, 0.717) is 5.16 Å². The Morgan fingerprint density at radius 1 is 1.04 bits per heavy atom. The number of amides is 1. The number of carbonyl (C=O) groups is 1. The Bertz CT molecular complexity index is 868. The van der Waals surface area contributed by atoms with Crippen molar-refractivity contribution in [2.45, 2.75) is 25.9 Å². The van der Waals surface area contributed by atoms with E-state index in [1.807, 2.05) is 57.2 Å². The maximum absolute atomic E-state index is 12.2. The number of aryl methyl sites for hydroxylation is 3. The Morgan fingerprint density at radius 2 is 1.72 bits per heavy atom. The first-order valence-corrected chi connectivity index (χ1v) is 8.86. The Hall–Kier alpha value is -2.67. The fourth-order valence-corrected chi connectivity index (χ4v) is 3.18. The van der Waals surface area contributed by atoms with Gasteiger partial charge in [0.05, 0.1) is 11.4 Å². The largest absolute Gasteiger partial charge is 0.325 e. The number of rotatable bonds is 5. The van der Waals surface area contributed by atoms with E-state index in [9.17, 15) is 4.79 Å². The summed E-state index contributed by atoms with van der Waals surface area (Å²) in [6.07, 6.45) is 0. The highest BCUT2D eigenvalue weighted by atomic mass is 32.2. The van der Waals surface area contributed by atoms with Gasteiger partial charge < -0.3 is 5.32 Å². The van der Waals surface area contributed by atoms with Gasteiger partial charge in [0.2, 0.25) is 11.1 Å². The molecule has 0 unspecified atom stereocenters. The number of tetrazole rings is 1. The quantitative estimate of drug-likeness (QED) is 0.713. The van der Waals surface area contributed by atoms with E-state index in [4.69, 9.17) is 0 Å². The molecule has 0 spiro atoms. The predicted molar refractivity (Wildman–Crippen MR) is 99.2 cm³/mol. The van der Waals surface area contributed by atoms with Crippen LogP contribution in [0.2, 0.25) is 0 Å². The number of hydrogen-bond donors (Lipinski definition) is 1. The maximum Gasteiger partial charge on any atom is 0.234 e. The monoisotopic (exact) mass is 353 g/mol. The van der Waals surface area contributed by atoms with E-state index < -0.39 is 0 Å². The van der Waals surface area contributed by atoms with Crippen molar-refractivity contribution in [1.29, 1.82) is 0 Å². The van der Waals surface area contributed by atoms with E-state index in [0.717, 1.165) is 22.5 Å². The zero-order valence-electron chi connectivity index (χ0n) is 14.4. The molecule has 0 saturated heterocycles. The summed E-state index contributed by atoms with van der Waals surface area (Å²) in [5.41, 5.74) is 5.07. The Morgan fingerprint density at radius 3 is 2.40 bits per heavy atom. The molecule has 1 aromatic heterocycles. The number of nitrogens with one attached hydrogen (secondary N) is 1. The van der Waals surface area contributed by atoms with Gasteiger partial charge >= 0.3 is 0 Å². The van der Waals surface area contributed by atoms with Crippen LogP contribution in [0.5, 0.6) is 0 Å². The molecule has 1 heterocycles. The molecule has 0 atom stereocenters. The van der Waals surface area contributed by atoms with Crippen LogP contribution in [0.1, 0.15) is 16.7 Å². The molecule has 1 N–H and O–H groups in total. The lowest BCUT2D eigenvalue weighted by molar-refractivity contribution is -0.113. The van der Waals surface area contributed by atoms with Gasteiger partial charge in [-0.25, -0.2) is 0 Å². The van der Waals surface area contributed by atoms with Crippen molar-refractivity contribution >= 4 is 23.4 Å². The van der Waals surface area contributed by atoms with Crippen molar-refractivity contribution in [3.05, 3.63) is 59.2 Å². The highest BCUT2D eigenvalue weighted by Gasteiger charge is 2.12. The summed E-state index contributed by atoms with van der Waals surface area (Å²) >= 11 is 1.30. The molecule has 0 aliphatic heterocycles. The van der Waals surface area contributed by atoms with Crippen LogP contribution in [-0.4, -0.2) is 31.9 Å². The minimum atomic E-state index is -0.0894. The van der Waals surface area contributed by atoms with Crippen molar-refractivity contribution in [2.75, 3.05) is 11.1 Å². The molecular formula is C18H19N5OS. The summed E-state index contributed by atoms with van der Waals surface area (Å²) in [7, 11) is 0. The number of carbonyl (C=O) groups excluding carboxylic acids is 1. The second kappa shape index (κ2) is 7.48.